The summed E-state index contributed by atoms with van der Waals surface area (Å²) in [7, 11) is 1.60. The second kappa shape index (κ2) is 12.9. The number of amides is 1. The number of aromatic nitrogens is 2. The number of carbonyl (C=O) groups is 2. The quantitative estimate of drug-likeness (QED) is 0.249. The number of H-pyrrole nitrogens is 1. The van der Waals surface area contributed by atoms with Gasteiger partial charge in [0.15, 0.2) is 5.78 Å². The molecule has 0 saturated heterocycles. The Kier molecular flexibility index (Phi) is 9.15. The smallest absolute Gasteiger partial charge is 0.282 e. The lowest BCUT2D eigenvalue weighted by atomic mass is 10.0. The van der Waals surface area contributed by atoms with Crippen molar-refractivity contribution >= 4 is 11.7 Å². The zero-order chi connectivity index (χ0) is 27.8. The number of unbranched alkanes of at least 4 members (excludes halogenated alkanes) is 1. The Bertz CT molecular complexity index is 1470. The molecular formula is C32H35N3O4. The van der Waals surface area contributed by atoms with Gasteiger partial charge in [-0.15, -0.1) is 0 Å². The van der Waals surface area contributed by atoms with Crippen LogP contribution in [0.2, 0.25) is 0 Å². The topological polar surface area (TPSA) is 84.4 Å². The van der Waals surface area contributed by atoms with E-state index in [1.807, 2.05) is 92.7 Å². The van der Waals surface area contributed by atoms with Gasteiger partial charge in [-0.25, -0.2) is 4.68 Å². The van der Waals surface area contributed by atoms with Crippen LogP contribution in [0.25, 0.3) is 16.9 Å². The average Bonchev–Trinajstić information content (AvgIpc) is 3.32. The van der Waals surface area contributed by atoms with Gasteiger partial charge in [0, 0.05) is 12.1 Å². The van der Waals surface area contributed by atoms with Crippen LogP contribution in [0.4, 0.5) is 0 Å². The molecule has 3 aromatic carbocycles. The predicted octanol–water partition coefficient (Wildman–Crippen LogP) is 5.46. The summed E-state index contributed by atoms with van der Waals surface area (Å²) in [5, 5.41) is 3.20. The molecule has 0 aliphatic heterocycles. The molecular weight excluding hydrogens is 490 g/mol. The highest BCUT2D eigenvalue weighted by atomic mass is 16.5. The Labute approximate surface area is 229 Å². The SMILES string of the molecule is CCCCN(CC(=O)c1c(-c2ccccc2)[nH]n(-c2ccccc2CC)c1=O)C(=O)Cc1ccc(OC)cc1. The first-order valence-corrected chi connectivity index (χ1v) is 13.4. The van der Waals surface area contributed by atoms with Crippen LogP contribution in [0.5, 0.6) is 5.75 Å². The Hall–Kier alpha value is -4.39. The molecule has 1 heterocycles. The van der Waals surface area contributed by atoms with Crippen LogP contribution in [0.1, 0.15) is 48.2 Å². The number of nitrogens with one attached hydrogen (secondary N) is 1. The number of hydrogen-bond donors (Lipinski definition) is 1. The van der Waals surface area contributed by atoms with Gasteiger partial charge >= 0.3 is 0 Å². The van der Waals surface area contributed by atoms with Gasteiger partial charge in [-0.3, -0.25) is 19.5 Å². The number of benzene rings is 3. The standard InChI is InChI=1S/C32H35N3O4/c1-4-6-20-34(29(37)21-23-16-18-26(39-3)19-17-23)22-28(36)30-31(25-13-8-7-9-14-25)33-35(32(30)38)27-15-11-10-12-24(27)5-2/h7-19,33H,4-6,20-22H2,1-3H3. The van der Waals surface area contributed by atoms with E-state index in [-0.39, 0.29) is 30.2 Å². The van der Waals surface area contributed by atoms with Crippen molar-refractivity contribution in [3.05, 3.63) is 106 Å². The van der Waals surface area contributed by atoms with Crippen molar-refractivity contribution in [3.63, 3.8) is 0 Å². The number of Topliss-reactive ketones (excluding diaryl/α,β-unsaturated/α-hetero) is 1. The molecule has 202 valence electrons. The predicted molar refractivity (Wildman–Crippen MR) is 154 cm³/mol. The van der Waals surface area contributed by atoms with Crippen LogP contribution in [0, 0.1) is 0 Å². The van der Waals surface area contributed by atoms with Gasteiger partial charge in [0.05, 0.1) is 31.5 Å². The van der Waals surface area contributed by atoms with Gasteiger partial charge in [-0.2, -0.15) is 0 Å². The molecule has 0 unspecified atom stereocenters. The Balaban J connectivity index is 1.69. The van der Waals surface area contributed by atoms with Gasteiger partial charge in [0.1, 0.15) is 11.3 Å². The fraction of sp³-hybridized carbons (Fsp3) is 0.281. The first kappa shape index (κ1) is 27.6. The number of para-hydroxylation sites is 1. The second-order valence-corrected chi connectivity index (χ2v) is 9.47. The highest BCUT2D eigenvalue weighted by Gasteiger charge is 2.26. The minimum absolute atomic E-state index is 0.0610. The van der Waals surface area contributed by atoms with Gasteiger partial charge in [-0.1, -0.05) is 80.9 Å². The third kappa shape index (κ3) is 6.37. The van der Waals surface area contributed by atoms with Crippen molar-refractivity contribution in [1.82, 2.24) is 14.7 Å². The molecule has 0 radical (unpaired) electrons. The maximum atomic E-state index is 13.8. The number of ether oxygens (including phenoxy) is 1. The molecule has 0 saturated carbocycles. The van der Waals surface area contributed by atoms with Crippen LogP contribution in [0.15, 0.2) is 83.7 Å². The Morgan fingerprint density at radius 1 is 0.923 bits per heavy atom. The first-order valence-electron chi connectivity index (χ1n) is 13.4. The normalized spacial score (nSPS) is 10.8. The zero-order valence-electron chi connectivity index (χ0n) is 22.8. The summed E-state index contributed by atoms with van der Waals surface area (Å²) in [6, 6.07) is 24.3. The van der Waals surface area contributed by atoms with Crippen LogP contribution < -0.4 is 10.3 Å². The lowest BCUT2D eigenvalue weighted by Gasteiger charge is -2.22. The van der Waals surface area contributed by atoms with E-state index in [9.17, 15) is 14.4 Å². The summed E-state index contributed by atoms with van der Waals surface area (Å²) in [6.45, 7) is 4.33. The fourth-order valence-corrected chi connectivity index (χ4v) is 4.63. The van der Waals surface area contributed by atoms with Crippen LogP contribution in [0.3, 0.4) is 0 Å². The molecule has 0 atom stereocenters. The molecule has 7 heteroatoms. The van der Waals surface area contributed by atoms with E-state index >= 15 is 0 Å². The van der Waals surface area contributed by atoms with Gasteiger partial charge in [0.25, 0.3) is 5.56 Å². The number of nitrogens with zero attached hydrogens (tertiary/aromatic N) is 2. The summed E-state index contributed by atoms with van der Waals surface area (Å²) < 4.78 is 6.66. The monoisotopic (exact) mass is 525 g/mol. The third-order valence-electron chi connectivity index (χ3n) is 6.83. The van der Waals surface area contributed by atoms with Crippen molar-refractivity contribution in [3.8, 4) is 22.7 Å². The minimum atomic E-state index is -0.419. The molecule has 0 bridgehead atoms. The van der Waals surface area contributed by atoms with E-state index in [4.69, 9.17) is 4.74 Å². The summed E-state index contributed by atoms with van der Waals surface area (Å²) in [5.41, 5.74) is 3.35. The molecule has 4 rings (SSSR count). The average molecular weight is 526 g/mol. The van der Waals surface area contributed by atoms with Crippen LogP contribution >= 0.6 is 0 Å². The largest absolute Gasteiger partial charge is 0.497 e. The lowest BCUT2D eigenvalue weighted by molar-refractivity contribution is -0.130. The van der Waals surface area contributed by atoms with Gasteiger partial charge < -0.3 is 9.64 Å². The number of aromatic amines is 1. The number of hydrogen-bond acceptors (Lipinski definition) is 4. The summed E-state index contributed by atoms with van der Waals surface area (Å²) in [5.74, 6) is 0.170. The van der Waals surface area contributed by atoms with Crippen molar-refractivity contribution in [1.29, 1.82) is 0 Å². The Morgan fingerprint density at radius 2 is 1.62 bits per heavy atom. The molecule has 0 fully saturated rings. The number of methoxy groups -OCH3 is 1. The summed E-state index contributed by atoms with van der Waals surface area (Å²) in [4.78, 5) is 42.5. The molecule has 1 amide bonds. The number of carbonyl (C=O) groups excluding carboxylic acids is 2. The van der Waals surface area contributed by atoms with E-state index in [0.717, 1.165) is 36.0 Å². The zero-order valence-corrected chi connectivity index (χ0v) is 22.8. The molecule has 1 N–H and O–H groups in total. The first-order chi connectivity index (χ1) is 19.0. The molecule has 0 aliphatic rings. The van der Waals surface area contributed by atoms with E-state index < -0.39 is 5.56 Å². The molecule has 0 spiro atoms. The maximum Gasteiger partial charge on any atom is 0.282 e. The van der Waals surface area contributed by atoms with E-state index in [0.29, 0.717) is 23.7 Å². The van der Waals surface area contributed by atoms with Crippen molar-refractivity contribution in [2.45, 2.75) is 39.5 Å². The molecule has 1 aromatic heterocycles. The molecule has 0 aliphatic carbocycles. The van der Waals surface area contributed by atoms with E-state index in [1.165, 1.54) is 4.68 Å². The molecule has 7 nitrogen and oxygen atoms in total. The Morgan fingerprint density at radius 3 is 2.28 bits per heavy atom. The number of ketones is 1. The van der Waals surface area contributed by atoms with Crippen LogP contribution in [-0.4, -0.2) is 46.6 Å². The summed E-state index contributed by atoms with van der Waals surface area (Å²) >= 11 is 0. The number of rotatable bonds is 12. The fourth-order valence-electron chi connectivity index (χ4n) is 4.63. The van der Waals surface area contributed by atoms with Crippen LogP contribution in [-0.2, 0) is 17.6 Å². The number of aryl methyl sites for hydroxylation is 1. The van der Waals surface area contributed by atoms with E-state index in [1.54, 1.807) is 12.0 Å². The van der Waals surface area contributed by atoms with Gasteiger partial charge in [0.2, 0.25) is 5.91 Å². The van der Waals surface area contributed by atoms with Crippen molar-refractivity contribution in [2.75, 3.05) is 20.2 Å². The summed E-state index contributed by atoms with van der Waals surface area (Å²) in [6.07, 6.45) is 2.53. The molecule has 4 aromatic rings. The van der Waals surface area contributed by atoms with Crippen molar-refractivity contribution in [2.24, 2.45) is 0 Å². The highest BCUT2D eigenvalue weighted by molar-refractivity contribution is 6.04. The van der Waals surface area contributed by atoms with E-state index in [2.05, 4.69) is 5.10 Å². The molecule has 39 heavy (non-hydrogen) atoms. The lowest BCUT2D eigenvalue weighted by Crippen LogP contribution is -2.38. The van der Waals surface area contributed by atoms with Gasteiger partial charge in [-0.05, 0) is 42.2 Å². The highest BCUT2D eigenvalue weighted by Crippen LogP contribution is 2.23. The second-order valence-electron chi connectivity index (χ2n) is 9.47. The minimum Gasteiger partial charge on any atom is -0.497 e. The third-order valence-corrected chi connectivity index (χ3v) is 6.83. The maximum absolute atomic E-state index is 13.8. The van der Waals surface area contributed by atoms with Crippen molar-refractivity contribution < 1.29 is 14.3 Å².